The number of aromatic nitrogens is 3. The molecule has 2 N–H and O–H groups in total. The molecule has 0 unspecified atom stereocenters. The Morgan fingerprint density at radius 2 is 2.00 bits per heavy atom. The molecule has 5 heteroatoms. The Labute approximate surface area is 109 Å². The Balaban J connectivity index is 1.94. The van der Waals surface area contributed by atoms with E-state index < -0.39 is 0 Å². The van der Waals surface area contributed by atoms with Gasteiger partial charge in [-0.05, 0) is 12.3 Å². The molecule has 1 aromatic rings. The van der Waals surface area contributed by atoms with Crippen LogP contribution in [0.3, 0.4) is 0 Å². The van der Waals surface area contributed by atoms with E-state index in [4.69, 9.17) is 10.5 Å². The average molecular weight is 252 g/mol. The molecular formula is C13H24N4O. The fourth-order valence-corrected chi connectivity index (χ4v) is 2.78. The smallest absolute Gasteiger partial charge is 0.146 e. The predicted octanol–water partition coefficient (Wildman–Crippen LogP) is 1.51. The summed E-state index contributed by atoms with van der Waals surface area (Å²) in [6, 6.07) is 0. The van der Waals surface area contributed by atoms with E-state index in [0.717, 1.165) is 30.5 Å². The van der Waals surface area contributed by atoms with Crippen molar-refractivity contribution in [1.29, 1.82) is 0 Å². The van der Waals surface area contributed by atoms with Gasteiger partial charge in [-0.25, -0.2) is 0 Å². The number of hydrogen-bond acceptors (Lipinski definition) is 4. The second kappa shape index (κ2) is 6.85. The summed E-state index contributed by atoms with van der Waals surface area (Å²) in [4.78, 5) is 0. The van der Waals surface area contributed by atoms with Crippen LogP contribution in [0.4, 0.5) is 0 Å². The molecule has 2 rings (SSSR count). The van der Waals surface area contributed by atoms with Crippen molar-refractivity contribution in [2.24, 2.45) is 11.7 Å². The molecule has 0 atom stereocenters. The third kappa shape index (κ3) is 3.29. The summed E-state index contributed by atoms with van der Waals surface area (Å²) in [5.74, 6) is 2.83. The first-order chi connectivity index (χ1) is 8.85. The van der Waals surface area contributed by atoms with Crippen LogP contribution in [-0.4, -0.2) is 28.5 Å². The van der Waals surface area contributed by atoms with Gasteiger partial charge in [0.25, 0.3) is 0 Å². The maximum absolute atomic E-state index is 5.69. The third-order valence-electron chi connectivity index (χ3n) is 3.86. The van der Waals surface area contributed by atoms with Crippen molar-refractivity contribution in [1.82, 2.24) is 14.8 Å². The standard InChI is InChI=1S/C13H24N4O/c1-18-9-8-17-12(15-16-13(17)10-14)7-6-11-4-2-3-5-11/h11H,2-10,14H2,1H3. The number of hydrogen-bond donors (Lipinski definition) is 1. The van der Waals surface area contributed by atoms with Crippen molar-refractivity contribution in [2.45, 2.75) is 51.6 Å². The molecule has 0 spiro atoms. The van der Waals surface area contributed by atoms with Gasteiger partial charge >= 0.3 is 0 Å². The fraction of sp³-hybridized carbons (Fsp3) is 0.846. The summed E-state index contributed by atoms with van der Waals surface area (Å²) in [6.07, 6.45) is 7.81. The van der Waals surface area contributed by atoms with Crippen LogP contribution in [0, 0.1) is 5.92 Å². The van der Waals surface area contributed by atoms with Crippen LogP contribution in [0.25, 0.3) is 0 Å². The average Bonchev–Trinajstić information content (AvgIpc) is 3.03. The molecule has 18 heavy (non-hydrogen) atoms. The van der Waals surface area contributed by atoms with E-state index in [-0.39, 0.29) is 0 Å². The molecule has 1 aliphatic rings. The lowest BCUT2D eigenvalue weighted by Gasteiger charge is -2.11. The van der Waals surface area contributed by atoms with Gasteiger partial charge in [-0.2, -0.15) is 0 Å². The Morgan fingerprint density at radius 3 is 2.67 bits per heavy atom. The largest absolute Gasteiger partial charge is 0.383 e. The van der Waals surface area contributed by atoms with Gasteiger partial charge in [0.15, 0.2) is 0 Å². The van der Waals surface area contributed by atoms with Crippen LogP contribution < -0.4 is 5.73 Å². The summed E-state index contributed by atoms with van der Waals surface area (Å²) in [6.45, 7) is 1.93. The fourth-order valence-electron chi connectivity index (χ4n) is 2.78. The molecule has 0 amide bonds. The normalized spacial score (nSPS) is 16.6. The molecule has 1 aromatic heterocycles. The van der Waals surface area contributed by atoms with Crippen LogP contribution in [0.15, 0.2) is 0 Å². The lowest BCUT2D eigenvalue weighted by molar-refractivity contribution is 0.185. The highest BCUT2D eigenvalue weighted by molar-refractivity contribution is 4.96. The topological polar surface area (TPSA) is 66.0 Å². The Hall–Kier alpha value is -0.940. The maximum atomic E-state index is 5.69. The Bertz CT molecular complexity index is 358. The second-order valence-corrected chi connectivity index (χ2v) is 5.07. The van der Waals surface area contributed by atoms with Gasteiger partial charge in [-0.3, -0.25) is 0 Å². The van der Waals surface area contributed by atoms with Crippen molar-refractivity contribution in [3.05, 3.63) is 11.6 Å². The van der Waals surface area contributed by atoms with E-state index in [1.165, 1.54) is 32.1 Å². The van der Waals surface area contributed by atoms with E-state index in [2.05, 4.69) is 14.8 Å². The number of ether oxygens (including phenoxy) is 1. The van der Waals surface area contributed by atoms with E-state index in [1.54, 1.807) is 7.11 Å². The van der Waals surface area contributed by atoms with Gasteiger partial charge in [-0.1, -0.05) is 25.7 Å². The molecule has 0 saturated heterocycles. The number of nitrogens with zero attached hydrogens (tertiary/aromatic N) is 3. The minimum absolute atomic E-state index is 0.445. The first-order valence-electron chi connectivity index (χ1n) is 6.95. The van der Waals surface area contributed by atoms with Crippen LogP contribution in [0.5, 0.6) is 0 Å². The van der Waals surface area contributed by atoms with E-state index in [0.29, 0.717) is 13.2 Å². The van der Waals surface area contributed by atoms with Crippen LogP contribution in [0.1, 0.15) is 43.8 Å². The van der Waals surface area contributed by atoms with Gasteiger partial charge in [-0.15, -0.1) is 10.2 Å². The molecule has 1 saturated carbocycles. The van der Waals surface area contributed by atoms with Gasteiger partial charge in [0.1, 0.15) is 11.6 Å². The van der Waals surface area contributed by atoms with Crippen molar-refractivity contribution in [3.8, 4) is 0 Å². The summed E-state index contributed by atoms with van der Waals surface area (Å²) in [5, 5.41) is 8.44. The minimum Gasteiger partial charge on any atom is -0.383 e. The molecular weight excluding hydrogens is 228 g/mol. The van der Waals surface area contributed by atoms with Gasteiger partial charge < -0.3 is 15.0 Å². The van der Waals surface area contributed by atoms with Crippen LogP contribution in [-0.2, 0) is 24.2 Å². The molecule has 102 valence electrons. The number of aryl methyl sites for hydroxylation is 1. The lowest BCUT2D eigenvalue weighted by Crippen LogP contribution is -2.14. The SMILES string of the molecule is COCCn1c(CN)nnc1CCC1CCCC1. The summed E-state index contributed by atoms with van der Waals surface area (Å²) in [5.41, 5.74) is 5.69. The lowest BCUT2D eigenvalue weighted by atomic mass is 10.0. The third-order valence-corrected chi connectivity index (χ3v) is 3.86. The summed E-state index contributed by atoms with van der Waals surface area (Å²) >= 11 is 0. The minimum atomic E-state index is 0.445. The van der Waals surface area contributed by atoms with E-state index in [9.17, 15) is 0 Å². The molecule has 5 nitrogen and oxygen atoms in total. The van der Waals surface area contributed by atoms with Gasteiger partial charge in [0.2, 0.25) is 0 Å². The van der Waals surface area contributed by atoms with Crippen molar-refractivity contribution < 1.29 is 4.74 Å². The van der Waals surface area contributed by atoms with E-state index in [1.807, 2.05) is 0 Å². The maximum Gasteiger partial charge on any atom is 0.146 e. The van der Waals surface area contributed by atoms with Crippen molar-refractivity contribution in [2.75, 3.05) is 13.7 Å². The van der Waals surface area contributed by atoms with Crippen molar-refractivity contribution in [3.63, 3.8) is 0 Å². The first kappa shape index (κ1) is 13.5. The zero-order valence-electron chi connectivity index (χ0n) is 11.3. The van der Waals surface area contributed by atoms with Gasteiger partial charge in [0, 0.05) is 20.1 Å². The quantitative estimate of drug-likeness (QED) is 0.798. The number of rotatable bonds is 7. The van der Waals surface area contributed by atoms with E-state index >= 15 is 0 Å². The highest BCUT2D eigenvalue weighted by Crippen LogP contribution is 2.28. The zero-order chi connectivity index (χ0) is 12.8. The number of nitrogens with two attached hydrogens (primary N) is 1. The van der Waals surface area contributed by atoms with Crippen LogP contribution >= 0.6 is 0 Å². The molecule has 0 aromatic carbocycles. The predicted molar refractivity (Wildman–Crippen MR) is 70.1 cm³/mol. The zero-order valence-corrected chi connectivity index (χ0v) is 11.3. The molecule has 1 aliphatic carbocycles. The Morgan fingerprint density at radius 1 is 1.28 bits per heavy atom. The highest BCUT2D eigenvalue weighted by Gasteiger charge is 2.17. The first-order valence-corrected chi connectivity index (χ1v) is 6.95. The van der Waals surface area contributed by atoms with Crippen molar-refractivity contribution >= 4 is 0 Å². The molecule has 1 fully saturated rings. The van der Waals surface area contributed by atoms with Gasteiger partial charge in [0.05, 0.1) is 13.2 Å². The highest BCUT2D eigenvalue weighted by atomic mass is 16.5. The second-order valence-electron chi connectivity index (χ2n) is 5.07. The number of methoxy groups -OCH3 is 1. The van der Waals surface area contributed by atoms with Crippen LogP contribution in [0.2, 0.25) is 0 Å². The molecule has 1 heterocycles. The molecule has 0 aliphatic heterocycles. The summed E-state index contributed by atoms with van der Waals surface area (Å²) in [7, 11) is 1.71. The Kier molecular flexibility index (Phi) is 5.13. The molecule has 0 bridgehead atoms. The molecule has 0 radical (unpaired) electrons. The summed E-state index contributed by atoms with van der Waals surface area (Å²) < 4.78 is 7.25. The monoisotopic (exact) mass is 252 g/mol.